The van der Waals surface area contributed by atoms with Gasteiger partial charge >= 0.3 is 12.1 Å². The van der Waals surface area contributed by atoms with Crippen LogP contribution in [-0.2, 0) is 16.0 Å². The zero-order valence-electron chi connectivity index (χ0n) is 17.8. The molecule has 0 aliphatic heterocycles. The predicted octanol–water partition coefficient (Wildman–Crippen LogP) is 4.41. The summed E-state index contributed by atoms with van der Waals surface area (Å²) >= 11 is 0. The topological polar surface area (TPSA) is 82.5 Å². The Morgan fingerprint density at radius 1 is 1.18 bits per heavy atom. The maximum Gasteiger partial charge on any atom is 0.407 e. The first-order chi connectivity index (χ1) is 13.2. The monoisotopic (exact) mass is 389 g/mol. The molecule has 0 saturated heterocycles. The summed E-state index contributed by atoms with van der Waals surface area (Å²) in [5, 5.41) is 7.09. The first kappa shape index (κ1) is 23.2. The molecule has 28 heavy (non-hydrogen) atoms. The second-order valence-electron chi connectivity index (χ2n) is 6.83. The van der Waals surface area contributed by atoms with Crippen molar-refractivity contribution < 1.29 is 19.1 Å². The number of benzene rings is 1. The van der Waals surface area contributed by atoms with Crippen LogP contribution in [0.5, 0.6) is 0 Å². The van der Waals surface area contributed by atoms with Gasteiger partial charge < -0.3 is 14.8 Å². The van der Waals surface area contributed by atoms with Crippen molar-refractivity contribution in [2.24, 2.45) is 0 Å². The lowest BCUT2D eigenvalue weighted by molar-refractivity contribution is 0.0509. The zero-order valence-corrected chi connectivity index (χ0v) is 17.8. The van der Waals surface area contributed by atoms with E-state index in [2.05, 4.69) is 10.4 Å². The highest BCUT2D eigenvalue weighted by Gasteiger charge is 2.17. The van der Waals surface area contributed by atoms with Crippen molar-refractivity contribution in [3.8, 4) is 5.69 Å². The molecule has 7 heteroatoms. The Balaban J connectivity index is 0.00000190. The summed E-state index contributed by atoms with van der Waals surface area (Å²) in [5.74, 6) is -0.426. The molecule has 0 fully saturated rings. The molecule has 0 atom stereocenters. The molecule has 1 amide bonds. The van der Waals surface area contributed by atoms with E-state index in [1.807, 2.05) is 65.8 Å². The van der Waals surface area contributed by atoms with Crippen LogP contribution in [0.25, 0.3) is 5.69 Å². The summed E-state index contributed by atoms with van der Waals surface area (Å²) in [6, 6.07) is 9.09. The Hall–Kier alpha value is -2.83. The van der Waals surface area contributed by atoms with Gasteiger partial charge in [0.15, 0.2) is 5.69 Å². The molecule has 2 aromatic rings. The third-order valence-corrected chi connectivity index (χ3v) is 3.31. The van der Waals surface area contributed by atoms with E-state index in [4.69, 9.17) is 9.47 Å². The molecule has 2 rings (SSSR count). The van der Waals surface area contributed by atoms with E-state index in [9.17, 15) is 9.59 Å². The number of nitrogens with one attached hydrogen (secondary N) is 1. The van der Waals surface area contributed by atoms with Crippen molar-refractivity contribution >= 4 is 12.1 Å². The Morgan fingerprint density at radius 3 is 2.46 bits per heavy atom. The van der Waals surface area contributed by atoms with Crippen molar-refractivity contribution in [1.82, 2.24) is 15.1 Å². The SMILES string of the molecule is CC.CCOC(=O)c1cc(C)nn1-c1cccc(CNC(=O)OC(C)(C)C)c1. The molecule has 0 aliphatic rings. The zero-order chi connectivity index (χ0) is 21.3. The number of amides is 1. The second-order valence-corrected chi connectivity index (χ2v) is 6.83. The van der Waals surface area contributed by atoms with E-state index < -0.39 is 17.7 Å². The van der Waals surface area contributed by atoms with Gasteiger partial charge in [-0.25, -0.2) is 14.3 Å². The van der Waals surface area contributed by atoms with Crippen molar-refractivity contribution in [2.75, 3.05) is 6.61 Å². The molecule has 0 radical (unpaired) electrons. The van der Waals surface area contributed by atoms with Crippen LogP contribution in [0.3, 0.4) is 0 Å². The molecule has 7 nitrogen and oxygen atoms in total. The summed E-state index contributed by atoms with van der Waals surface area (Å²) in [4.78, 5) is 23.9. The molecule has 1 heterocycles. The lowest BCUT2D eigenvalue weighted by Crippen LogP contribution is -2.32. The molecule has 0 aliphatic carbocycles. The number of rotatable bonds is 5. The van der Waals surface area contributed by atoms with E-state index in [0.29, 0.717) is 30.2 Å². The summed E-state index contributed by atoms with van der Waals surface area (Å²) in [5.41, 5.74) is 2.10. The van der Waals surface area contributed by atoms with Crippen molar-refractivity contribution in [3.63, 3.8) is 0 Å². The maximum atomic E-state index is 12.1. The van der Waals surface area contributed by atoms with E-state index in [1.165, 1.54) is 0 Å². The average molecular weight is 389 g/mol. The number of nitrogens with zero attached hydrogens (tertiary/aromatic N) is 2. The lowest BCUT2D eigenvalue weighted by Gasteiger charge is -2.19. The largest absolute Gasteiger partial charge is 0.461 e. The number of carbonyl (C=O) groups is 2. The van der Waals surface area contributed by atoms with Crippen molar-refractivity contribution in [2.45, 2.75) is 60.6 Å². The van der Waals surface area contributed by atoms with Gasteiger partial charge in [-0.2, -0.15) is 5.10 Å². The minimum absolute atomic E-state index is 0.295. The standard InChI is InChI=1S/C19H25N3O4.C2H6/c1-6-25-17(23)16-10-13(2)21-22(16)15-9-7-8-14(11-15)12-20-18(24)26-19(3,4)5;1-2/h7-11H,6,12H2,1-5H3,(H,20,24);1-2H3. The lowest BCUT2D eigenvalue weighted by atomic mass is 10.2. The van der Waals surface area contributed by atoms with Gasteiger partial charge in [-0.15, -0.1) is 0 Å². The van der Waals surface area contributed by atoms with Crippen LogP contribution in [0.15, 0.2) is 30.3 Å². The highest BCUT2D eigenvalue weighted by molar-refractivity contribution is 5.88. The Labute approximate surface area is 167 Å². The van der Waals surface area contributed by atoms with E-state index in [-0.39, 0.29) is 0 Å². The van der Waals surface area contributed by atoms with E-state index in [1.54, 1.807) is 17.7 Å². The number of ether oxygens (including phenoxy) is 2. The fraction of sp³-hybridized carbons (Fsp3) is 0.476. The molecule has 0 saturated carbocycles. The molecule has 0 spiro atoms. The Kier molecular flexibility index (Phi) is 8.70. The normalized spacial score (nSPS) is 10.5. The van der Waals surface area contributed by atoms with Crippen LogP contribution in [0.4, 0.5) is 4.79 Å². The number of hydrogen-bond donors (Lipinski definition) is 1. The summed E-state index contributed by atoms with van der Waals surface area (Å²) < 4.78 is 11.9. The number of aromatic nitrogens is 2. The van der Waals surface area contributed by atoms with Crippen molar-refractivity contribution in [3.05, 3.63) is 47.3 Å². The number of esters is 1. The Morgan fingerprint density at radius 2 is 1.86 bits per heavy atom. The fourth-order valence-corrected chi connectivity index (χ4v) is 2.33. The fourth-order valence-electron chi connectivity index (χ4n) is 2.33. The number of carbonyl (C=O) groups excluding carboxylic acids is 2. The highest BCUT2D eigenvalue weighted by Crippen LogP contribution is 2.16. The first-order valence-corrected chi connectivity index (χ1v) is 9.49. The van der Waals surface area contributed by atoms with Crippen LogP contribution in [0.1, 0.15) is 63.3 Å². The molecule has 0 bridgehead atoms. The maximum absolute atomic E-state index is 12.1. The van der Waals surface area contributed by atoms with Crippen LogP contribution in [0.2, 0.25) is 0 Å². The third kappa shape index (κ3) is 7.06. The Bertz CT molecular complexity index is 791. The second kappa shape index (κ2) is 10.5. The minimum atomic E-state index is -0.549. The first-order valence-electron chi connectivity index (χ1n) is 9.49. The molecule has 1 N–H and O–H groups in total. The summed E-state index contributed by atoms with van der Waals surface area (Å²) in [6.45, 7) is 13.6. The van der Waals surface area contributed by atoms with Gasteiger partial charge in [0.1, 0.15) is 5.60 Å². The van der Waals surface area contributed by atoms with Gasteiger partial charge in [0, 0.05) is 6.54 Å². The van der Waals surface area contributed by atoms with E-state index >= 15 is 0 Å². The predicted molar refractivity (Wildman–Crippen MR) is 109 cm³/mol. The molecule has 0 unspecified atom stereocenters. The molecule has 154 valence electrons. The molecular formula is C21H31N3O4. The minimum Gasteiger partial charge on any atom is -0.461 e. The smallest absolute Gasteiger partial charge is 0.407 e. The van der Waals surface area contributed by atoms with Gasteiger partial charge in [-0.1, -0.05) is 26.0 Å². The third-order valence-electron chi connectivity index (χ3n) is 3.31. The quantitative estimate of drug-likeness (QED) is 0.766. The van der Waals surface area contributed by atoms with Crippen LogP contribution >= 0.6 is 0 Å². The number of aryl methyl sites for hydroxylation is 1. The van der Waals surface area contributed by atoms with Crippen molar-refractivity contribution in [1.29, 1.82) is 0 Å². The van der Waals surface area contributed by atoms with Gasteiger partial charge in [-0.05, 0) is 58.4 Å². The van der Waals surface area contributed by atoms with Gasteiger partial charge in [0.05, 0.1) is 18.0 Å². The molecular weight excluding hydrogens is 358 g/mol. The van der Waals surface area contributed by atoms with Gasteiger partial charge in [0.2, 0.25) is 0 Å². The van der Waals surface area contributed by atoms with Crippen LogP contribution in [-0.4, -0.2) is 34.1 Å². The number of alkyl carbamates (subject to hydrolysis) is 1. The highest BCUT2D eigenvalue weighted by atomic mass is 16.6. The number of hydrogen-bond acceptors (Lipinski definition) is 5. The molecule has 1 aromatic heterocycles. The van der Waals surface area contributed by atoms with Gasteiger partial charge in [-0.3, -0.25) is 0 Å². The summed E-state index contributed by atoms with van der Waals surface area (Å²) in [7, 11) is 0. The summed E-state index contributed by atoms with van der Waals surface area (Å²) in [6.07, 6.45) is -0.481. The average Bonchev–Trinajstić information content (AvgIpc) is 3.03. The van der Waals surface area contributed by atoms with Crippen LogP contribution in [0, 0.1) is 6.92 Å². The van der Waals surface area contributed by atoms with Gasteiger partial charge in [0.25, 0.3) is 0 Å². The molecule has 1 aromatic carbocycles. The van der Waals surface area contributed by atoms with E-state index in [0.717, 1.165) is 5.56 Å². The van der Waals surface area contributed by atoms with Crippen LogP contribution < -0.4 is 5.32 Å².